The third-order valence-electron chi connectivity index (χ3n) is 3.25. The largest absolute Gasteiger partial charge is 0.482 e. The highest BCUT2D eigenvalue weighted by Crippen LogP contribution is 2.22. The fraction of sp³-hybridized carbons (Fsp3) is 0.316. The zero-order valence-electron chi connectivity index (χ0n) is 13.7. The monoisotopic (exact) mass is 364 g/mol. The molecule has 2 rings (SSSR count). The molecule has 0 aromatic heterocycles. The molecule has 0 spiro atoms. The van der Waals surface area contributed by atoms with E-state index in [1.807, 2.05) is 54.2 Å². The van der Waals surface area contributed by atoms with Gasteiger partial charge in [0.15, 0.2) is 6.61 Å². The van der Waals surface area contributed by atoms with Gasteiger partial charge >= 0.3 is 5.97 Å². The summed E-state index contributed by atoms with van der Waals surface area (Å²) >= 11 is 7.70. The molecule has 2 aromatic rings. The van der Waals surface area contributed by atoms with Crippen LogP contribution in [-0.4, -0.2) is 24.9 Å². The number of carbonyl (C=O) groups excluding carboxylic acids is 1. The molecule has 0 aliphatic heterocycles. The quantitative estimate of drug-likeness (QED) is 0.356. The highest BCUT2D eigenvalue weighted by molar-refractivity contribution is 7.99. The maximum absolute atomic E-state index is 11.3. The summed E-state index contributed by atoms with van der Waals surface area (Å²) in [4.78, 5) is 12.5. The number of thioether (sulfide) groups is 1. The average molecular weight is 365 g/mol. The van der Waals surface area contributed by atoms with E-state index in [1.165, 1.54) is 10.5 Å². The Labute approximate surface area is 152 Å². The van der Waals surface area contributed by atoms with Crippen LogP contribution in [0.1, 0.15) is 18.9 Å². The molecule has 128 valence electrons. The van der Waals surface area contributed by atoms with Crippen molar-refractivity contribution in [2.45, 2.75) is 24.7 Å². The van der Waals surface area contributed by atoms with Crippen LogP contribution in [0.4, 0.5) is 0 Å². The van der Waals surface area contributed by atoms with E-state index in [-0.39, 0.29) is 12.6 Å². The first-order valence-electron chi connectivity index (χ1n) is 7.93. The molecule has 0 fully saturated rings. The molecule has 0 heterocycles. The minimum absolute atomic E-state index is 0.0519. The second-order valence-corrected chi connectivity index (χ2v) is 6.75. The lowest BCUT2D eigenvalue weighted by molar-refractivity contribution is -0.145. The fourth-order valence-corrected chi connectivity index (χ4v) is 3.11. The van der Waals surface area contributed by atoms with Crippen molar-refractivity contribution in [1.29, 1.82) is 0 Å². The van der Waals surface area contributed by atoms with Crippen molar-refractivity contribution in [2.75, 3.05) is 19.0 Å². The van der Waals surface area contributed by atoms with Crippen molar-refractivity contribution in [2.24, 2.45) is 0 Å². The molecular weight excluding hydrogens is 344 g/mol. The van der Waals surface area contributed by atoms with Crippen molar-refractivity contribution >= 4 is 29.3 Å². The second kappa shape index (κ2) is 10.3. The molecule has 0 aliphatic carbocycles. The van der Waals surface area contributed by atoms with Gasteiger partial charge in [0.1, 0.15) is 5.75 Å². The standard InChI is InChI=1S/C19H21ClO3S/c1-2-22-19(21)14-23-17-7-3-5-15(13-17)6-4-12-24-18-10-8-16(20)9-11-18/h3,5,7-11,13H,2,4,6,12,14H2,1H3. The Balaban J connectivity index is 1.73. The summed E-state index contributed by atoms with van der Waals surface area (Å²) in [5.74, 6) is 1.39. The first kappa shape index (κ1) is 18.7. The lowest BCUT2D eigenvalue weighted by Crippen LogP contribution is -2.14. The van der Waals surface area contributed by atoms with E-state index in [4.69, 9.17) is 21.1 Å². The Kier molecular flexibility index (Phi) is 7.99. The molecule has 0 bridgehead atoms. The number of ether oxygens (including phenoxy) is 2. The summed E-state index contributed by atoms with van der Waals surface area (Å²) in [5, 5.41) is 0.763. The molecule has 0 saturated heterocycles. The Bertz CT molecular complexity index is 643. The van der Waals surface area contributed by atoms with Gasteiger partial charge in [0, 0.05) is 9.92 Å². The van der Waals surface area contributed by atoms with Crippen LogP contribution in [0.15, 0.2) is 53.4 Å². The second-order valence-electron chi connectivity index (χ2n) is 5.15. The predicted octanol–water partition coefficient (Wildman–Crippen LogP) is 5.01. The van der Waals surface area contributed by atoms with Gasteiger partial charge in [-0.3, -0.25) is 0 Å². The SMILES string of the molecule is CCOC(=O)COc1cccc(CCCSc2ccc(Cl)cc2)c1. The number of esters is 1. The number of aryl methyl sites for hydroxylation is 1. The summed E-state index contributed by atoms with van der Waals surface area (Å²) in [6.07, 6.45) is 2.03. The van der Waals surface area contributed by atoms with Crippen LogP contribution in [0.3, 0.4) is 0 Å². The molecule has 0 atom stereocenters. The van der Waals surface area contributed by atoms with Crippen molar-refractivity contribution < 1.29 is 14.3 Å². The van der Waals surface area contributed by atoms with Gasteiger partial charge in [-0.05, 0) is 67.5 Å². The molecule has 0 N–H and O–H groups in total. The predicted molar refractivity (Wildman–Crippen MR) is 99.1 cm³/mol. The maximum atomic E-state index is 11.3. The number of rotatable bonds is 9. The van der Waals surface area contributed by atoms with Crippen molar-refractivity contribution in [3.05, 3.63) is 59.1 Å². The van der Waals surface area contributed by atoms with Crippen LogP contribution in [0.2, 0.25) is 5.02 Å². The van der Waals surface area contributed by atoms with Gasteiger partial charge in [0.2, 0.25) is 0 Å². The van der Waals surface area contributed by atoms with Gasteiger partial charge < -0.3 is 9.47 Å². The van der Waals surface area contributed by atoms with Gasteiger partial charge in [0.25, 0.3) is 0 Å². The van der Waals surface area contributed by atoms with E-state index in [9.17, 15) is 4.79 Å². The molecule has 0 radical (unpaired) electrons. The summed E-state index contributed by atoms with van der Waals surface area (Å²) < 4.78 is 10.3. The molecule has 24 heavy (non-hydrogen) atoms. The van der Waals surface area contributed by atoms with Gasteiger partial charge in [-0.25, -0.2) is 4.79 Å². The topological polar surface area (TPSA) is 35.5 Å². The van der Waals surface area contributed by atoms with Crippen molar-refractivity contribution in [3.8, 4) is 5.75 Å². The van der Waals surface area contributed by atoms with Crippen LogP contribution in [-0.2, 0) is 16.0 Å². The zero-order valence-corrected chi connectivity index (χ0v) is 15.2. The van der Waals surface area contributed by atoms with Gasteiger partial charge in [0.05, 0.1) is 6.61 Å². The normalized spacial score (nSPS) is 10.4. The molecule has 2 aromatic carbocycles. The highest BCUT2D eigenvalue weighted by atomic mass is 35.5. The maximum Gasteiger partial charge on any atom is 0.344 e. The Hall–Kier alpha value is -1.65. The number of benzene rings is 2. The Morgan fingerprint density at radius 3 is 2.71 bits per heavy atom. The van der Waals surface area contributed by atoms with E-state index in [0.717, 1.165) is 23.6 Å². The lowest BCUT2D eigenvalue weighted by atomic mass is 10.1. The number of hydrogen-bond donors (Lipinski definition) is 0. The minimum Gasteiger partial charge on any atom is -0.482 e. The van der Waals surface area contributed by atoms with Crippen LogP contribution >= 0.6 is 23.4 Å². The van der Waals surface area contributed by atoms with Crippen LogP contribution in [0.5, 0.6) is 5.75 Å². The molecule has 5 heteroatoms. The Morgan fingerprint density at radius 1 is 1.17 bits per heavy atom. The number of hydrogen-bond acceptors (Lipinski definition) is 4. The molecule has 0 aliphatic rings. The summed E-state index contributed by atoms with van der Waals surface area (Å²) in [6, 6.07) is 15.7. The minimum atomic E-state index is -0.345. The first-order chi connectivity index (χ1) is 11.7. The van der Waals surface area contributed by atoms with E-state index in [1.54, 1.807) is 6.92 Å². The average Bonchev–Trinajstić information content (AvgIpc) is 2.59. The molecule has 0 amide bonds. The molecular formula is C19H21ClO3S. The highest BCUT2D eigenvalue weighted by Gasteiger charge is 2.04. The summed E-state index contributed by atoms with van der Waals surface area (Å²) in [5.41, 5.74) is 1.20. The zero-order chi connectivity index (χ0) is 17.2. The van der Waals surface area contributed by atoms with Gasteiger partial charge in [-0.2, -0.15) is 0 Å². The Morgan fingerprint density at radius 2 is 1.96 bits per heavy atom. The van der Waals surface area contributed by atoms with Crippen LogP contribution < -0.4 is 4.74 Å². The van der Waals surface area contributed by atoms with E-state index >= 15 is 0 Å². The molecule has 0 saturated carbocycles. The van der Waals surface area contributed by atoms with Crippen molar-refractivity contribution in [3.63, 3.8) is 0 Å². The third-order valence-corrected chi connectivity index (χ3v) is 4.60. The van der Waals surface area contributed by atoms with E-state index in [2.05, 4.69) is 6.07 Å². The van der Waals surface area contributed by atoms with Crippen molar-refractivity contribution in [1.82, 2.24) is 0 Å². The van der Waals surface area contributed by atoms with E-state index in [0.29, 0.717) is 12.4 Å². The smallest absolute Gasteiger partial charge is 0.344 e. The number of halogens is 1. The molecule has 3 nitrogen and oxygen atoms in total. The van der Waals surface area contributed by atoms with Crippen LogP contribution in [0.25, 0.3) is 0 Å². The van der Waals surface area contributed by atoms with E-state index < -0.39 is 0 Å². The summed E-state index contributed by atoms with van der Waals surface area (Å²) in [6.45, 7) is 2.10. The van der Waals surface area contributed by atoms with Crippen LogP contribution in [0, 0.1) is 0 Å². The first-order valence-corrected chi connectivity index (χ1v) is 9.29. The molecule has 0 unspecified atom stereocenters. The summed E-state index contributed by atoms with van der Waals surface area (Å²) in [7, 11) is 0. The number of carbonyl (C=O) groups is 1. The van der Waals surface area contributed by atoms with Gasteiger partial charge in [-0.1, -0.05) is 23.7 Å². The lowest BCUT2D eigenvalue weighted by Gasteiger charge is -2.08. The fourth-order valence-electron chi connectivity index (χ4n) is 2.13. The van der Waals surface area contributed by atoms with Gasteiger partial charge in [-0.15, -0.1) is 11.8 Å². The third kappa shape index (κ3) is 6.85.